The number of carbonyl (C=O) groups is 1. The van der Waals surface area contributed by atoms with E-state index in [0.29, 0.717) is 30.7 Å². The summed E-state index contributed by atoms with van der Waals surface area (Å²) in [7, 11) is -3.71. The first-order valence-electron chi connectivity index (χ1n) is 11.3. The number of carbonyl (C=O) groups excluding carboxylic acids is 1. The topological polar surface area (TPSA) is 54.5 Å². The summed E-state index contributed by atoms with van der Waals surface area (Å²) in [4.78, 5) is 13.2. The molecule has 5 rings (SSSR count). The molecule has 0 bridgehead atoms. The zero-order valence-corrected chi connectivity index (χ0v) is 19.7. The van der Waals surface area contributed by atoms with Gasteiger partial charge in [0.25, 0.3) is 10.0 Å². The lowest BCUT2D eigenvalue weighted by Crippen LogP contribution is -2.31. The van der Waals surface area contributed by atoms with Gasteiger partial charge < -0.3 is 0 Å². The first kappa shape index (κ1) is 21.2. The number of fused-ring (bicyclic) bond motifs is 1. The van der Waals surface area contributed by atoms with Crippen LogP contribution in [-0.4, -0.2) is 25.1 Å². The van der Waals surface area contributed by atoms with Crippen molar-refractivity contribution in [3.05, 3.63) is 82.4 Å². The van der Waals surface area contributed by atoms with Gasteiger partial charge in [0.2, 0.25) is 0 Å². The number of Topliss-reactive ketones (excluding diaryl/α,β-unsaturated/α-hetero) is 1. The largest absolute Gasteiger partial charge is 0.295 e. The molecule has 1 unspecified atom stereocenters. The molecule has 0 saturated heterocycles. The van der Waals surface area contributed by atoms with Crippen LogP contribution >= 0.6 is 0 Å². The number of hydrogen-bond acceptors (Lipinski definition) is 3. The molecular weight excluding hydrogens is 418 g/mol. The van der Waals surface area contributed by atoms with Crippen LogP contribution in [0.25, 0.3) is 5.70 Å². The molecular formula is C27H29NO3S. The molecule has 166 valence electrons. The van der Waals surface area contributed by atoms with Crippen molar-refractivity contribution in [2.24, 2.45) is 11.3 Å². The molecule has 0 aromatic heterocycles. The van der Waals surface area contributed by atoms with Gasteiger partial charge in [-0.25, -0.2) is 8.42 Å². The number of hydrogen-bond donors (Lipinski definition) is 0. The highest BCUT2D eigenvalue weighted by molar-refractivity contribution is 7.89. The van der Waals surface area contributed by atoms with E-state index in [0.717, 1.165) is 34.4 Å². The molecule has 3 aliphatic rings. The predicted octanol–water partition coefficient (Wildman–Crippen LogP) is 5.51. The quantitative estimate of drug-likeness (QED) is 0.624. The van der Waals surface area contributed by atoms with E-state index in [1.807, 2.05) is 49.4 Å². The van der Waals surface area contributed by atoms with Crippen LogP contribution in [0.3, 0.4) is 0 Å². The van der Waals surface area contributed by atoms with Crippen molar-refractivity contribution in [2.45, 2.75) is 51.3 Å². The third kappa shape index (κ3) is 3.53. The Morgan fingerprint density at radius 3 is 2.34 bits per heavy atom. The van der Waals surface area contributed by atoms with Gasteiger partial charge in [-0.05, 0) is 60.4 Å². The van der Waals surface area contributed by atoms with Crippen molar-refractivity contribution < 1.29 is 13.2 Å². The summed E-state index contributed by atoms with van der Waals surface area (Å²) in [5, 5.41) is 0. The SMILES string of the molecule is Cc1ccc(S(=O)(=O)N2CC3CC4=C(CC3=C2c2ccccc2)CC(C)(C)CC4=O)cc1. The van der Waals surface area contributed by atoms with Crippen LogP contribution in [0, 0.1) is 18.3 Å². The van der Waals surface area contributed by atoms with Gasteiger partial charge in [0.15, 0.2) is 5.78 Å². The predicted molar refractivity (Wildman–Crippen MR) is 126 cm³/mol. The van der Waals surface area contributed by atoms with E-state index in [-0.39, 0.29) is 17.1 Å². The third-order valence-electron chi connectivity index (χ3n) is 7.04. The van der Waals surface area contributed by atoms with E-state index in [1.165, 1.54) is 5.57 Å². The van der Waals surface area contributed by atoms with Gasteiger partial charge in [-0.15, -0.1) is 0 Å². The summed E-state index contributed by atoms with van der Waals surface area (Å²) in [6.07, 6.45) is 2.82. The minimum Gasteiger partial charge on any atom is -0.295 e. The van der Waals surface area contributed by atoms with E-state index in [1.54, 1.807) is 16.4 Å². The first-order chi connectivity index (χ1) is 15.2. The van der Waals surface area contributed by atoms with E-state index in [4.69, 9.17) is 0 Å². The lowest BCUT2D eigenvalue weighted by atomic mass is 9.67. The average molecular weight is 448 g/mol. The molecule has 0 amide bonds. The van der Waals surface area contributed by atoms with Crippen LogP contribution in [0.5, 0.6) is 0 Å². The van der Waals surface area contributed by atoms with Crippen LogP contribution in [-0.2, 0) is 14.8 Å². The van der Waals surface area contributed by atoms with E-state index in [9.17, 15) is 13.2 Å². The van der Waals surface area contributed by atoms with E-state index in [2.05, 4.69) is 13.8 Å². The van der Waals surface area contributed by atoms with Crippen molar-refractivity contribution in [3.63, 3.8) is 0 Å². The summed E-state index contributed by atoms with van der Waals surface area (Å²) in [5.41, 5.74) is 6.04. The van der Waals surface area contributed by atoms with Crippen molar-refractivity contribution in [1.29, 1.82) is 0 Å². The maximum absolute atomic E-state index is 13.8. The van der Waals surface area contributed by atoms with E-state index < -0.39 is 10.0 Å². The molecule has 5 heteroatoms. The van der Waals surface area contributed by atoms with Gasteiger partial charge in [-0.3, -0.25) is 9.10 Å². The molecule has 1 aliphatic heterocycles. The highest BCUT2D eigenvalue weighted by Gasteiger charge is 2.44. The Balaban J connectivity index is 1.63. The highest BCUT2D eigenvalue weighted by Crippen LogP contribution is 2.51. The smallest absolute Gasteiger partial charge is 0.264 e. The number of nitrogens with zero attached hydrogens (tertiary/aromatic N) is 1. The van der Waals surface area contributed by atoms with Gasteiger partial charge in [-0.1, -0.05) is 67.4 Å². The van der Waals surface area contributed by atoms with E-state index >= 15 is 0 Å². The maximum Gasteiger partial charge on any atom is 0.264 e. The Bertz CT molecular complexity index is 1250. The van der Waals surface area contributed by atoms with Gasteiger partial charge in [0, 0.05) is 18.9 Å². The summed E-state index contributed by atoms with van der Waals surface area (Å²) < 4.78 is 29.1. The molecule has 0 N–H and O–H groups in total. The van der Waals surface area contributed by atoms with Crippen molar-refractivity contribution in [1.82, 2.24) is 4.31 Å². The fraction of sp³-hybridized carbons (Fsp3) is 0.370. The molecule has 2 aromatic rings. The molecule has 4 nitrogen and oxygen atoms in total. The fourth-order valence-electron chi connectivity index (χ4n) is 5.54. The zero-order chi connectivity index (χ0) is 22.7. The summed E-state index contributed by atoms with van der Waals surface area (Å²) >= 11 is 0. The minimum atomic E-state index is -3.71. The monoisotopic (exact) mass is 447 g/mol. The number of benzene rings is 2. The Kier molecular flexibility index (Phi) is 4.93. The Morgan fingerprint density at radius 2 is 1.66 bits per heavy atom. The Labute approximate surface area is 190 Å². The van der Waals surface area contributed by atoms with Gasteiger partial charge >= 0.3 is 0 Å². The van der Waals surface area contributed by atoms with Gasteiger partial charge in [0.05, 0.1) is 10.6 Å². The number of rotatable bonds is 3. The van der Waals surface area contributed by atoms with Crippen LogP contribution in [0.2, 0.25) is 0 Å². The number of sulfonamides is 1. The van der Waals surface area contributed by atoms with Crippen molar-refractivity contribution in [2.75, 3.05) is 6.54 Å². The molecule has 0 saturated carbocycles. The molecule has 0 radical (unpaired) electrons. The second-order valence-electron chi connectivity index (χ2n) is 10.2. The molecule has 0 fully saturated rings. The molecule has 32 heavy (non-hydrogen) atoms. The lowest BCUT2D eigenvalue weighted by Gasteiger charge is -2.36. The fourth-order valence-corrected chi connectivity index (χ4v) is 7.11. The summed E-state index contributed by atoms with van der Waals surface area (Å²) in [5.74, 6) is 0.297. The van der Waals surface area contributed by atoms with Gasteiger partial charge in [-0.2, -0.15) is 0 Å². The molecule has 2 aliphatic carbocycles. The third-order valence-corrected chi connectivity index (χ3v) is 8.82. The standard InChI is InChI=1S/C27H29NO3S/c1-18-9-11-22(12-10-18)32(30,31)28-17-21-14-23-20(15-27(2,3)16-25(23)29)13-24(21)26(28)19-7-5-4-6-8-19/h4-12,21H,13-17H2,1-3H3. The second kappa shape index (κ2) is 7.45. The minimum absolute atomic E-state index is 0.0392. The number of ketones is 1. The van der Waals surface area contributed by atoms with Crippen molar-refractivity contribution in [3.8, 4) is 0 Å². The first-order valence-corrected chi connectivity index (χ1v) is 12.7. The average Bonchev–Trinajstić information content (AvgIpc) is 3.12. The molecule has 1 atom stereocenters. The number of aryl methyl sites for hydroxylation is 1. The summed E-state index contributed by atoms with van der Waals surface area (Å²) in [6.45, 7) is 6.64. The van der Waals surface area contributed by atoms with Crippen LogP contribution in [0.1, 0.15) is 50.7 Å². The Morgan fingerprint density at radius 1 is 0.969 bits per heavy atom. The van der Waals surface area contributed by atoms with Gasteiger partial charge in [0.1, 0.15) is 0 Å². The second-order valence-corrected chi connectivity index (χ2v) is 12.1. The zero-order valence-electron chi connectivity index (χ0n) is 18.9. The highest BCUT2D eigenvalue weighted by atomic mass is 32.2. The molecule has 1 heterocycles. The summed E-state index contributed by atoms with van der Waals surface area (Å²) in [6, 6.07) is 16.9. The van der Waals surface area contributed by atoms with Crippen LogP contribution in [0.4, 0.5) is 0 Å². The van der Waals surface area contributed by atoms with Crippen LogP contribution < -0.4 is 0 Å². The normalized spacial score (nSPS) is 22.8. The van der Waals surface area contributed by atoms with Crippen LogP contribution in [0.15, 0.2) is 76.2 Å². The Hall–Kier alpha value is -2.66. The molecule has 0 spiro atoms. The molecule has 2 aromatic carbocycles. The lowest BCUT2D eigenvalue weighted by molar-refractivity contribution is -0.118. The van der Waals surface area contributed by atoms with Crippen molar-refractivity contribution >= 4 is 21.5 Å². The number of allylic oxidation sites excluding steroid dienone is 2. The maximum atomic E-state index is 13.8.